The maximum Gasteiger partial charge on any atom is 0.239 e. The minimum Gasteiger partial charge on any atom is -0.497 e. The van der Waals surface area contributed by atoms with Crippen molar-refractivity contribution in [2.75, 3.05) is 33.8 Å². The van der Waals surface area contributed by atoms with Crippen molar-refractivity contribution in [1.82, 2.24) is 20.9 Å². The number of rotatable bonds is 11. The lowest BCUT2D eigenvalue weighted by atomic mass is 10.2. The van der Waals surface area contributed by atoms with E-state index in [0.717, 1.165) is 30.8 Å². The summed E-state index contributed by atoms with van der Waals surface area (Å²) in [4.78, 5) is 18.7. The first kappa shape index (κ1) is 23.8. The molecular weight excluding hydrogens is 354 g/mol. The van der Waals surface area contributed by atoms with Crippen LogP contribution in [-0.4, -0.2) is 62.6 Å². The molecule has 3 N–H and O–H groups in total. The molecule has 1 aromatic carbocycles. The average molecular weight is 392 g/mol. The smallest absolute Gasteiger partial charge is 0.239 e. The van der Waals surface area contributed by atoms with Crippen LogP contribution in [0.1, 0.15) is 39.7 Å². The second-order valence-corrected chi connectivity index (χ2v) is 7.26. The Kier molecular flexibility index (Phi) is 11.0. The molecule has 0 aliphatic rings. The Morgan fingerprint density at radius 2 is 1.71 bits per heavy atom. The predicted octanol–water partition coefficient (Wildman–Crippen LogP) is 1.99. The molecule has 0 atom stereocenters. The first-order chi connectivity index (χ1) is 13.4. The molecule has 0 bridgehead atoms. The second-order valence-electron chi connectivity index (χ2n) is 7.26. The third-order valence-corrected chi connectivity index (χ3v) is 4.50. The number of guanidine groups is 1. The van der Waals surface area contributed by atoms with Gasteiger partial charge in [0.05, 0.1) is 13.7 Å². The minimum atomic E-state index is -0.0791. The summed E-state index contributed by atoms with van der Waals surface area (Å²) < 4.78 is 5.13. The first-order valence-electron chi connectivity index (χ1n) is 9.97. The van der Waals surface area contributed by atoms with Gasteiger partial charge in [-0.2, -0.15) is 0 Å². The molecule has 28 heavy (non-hydrogen) atoms. The molecule has 1 rings (SSSR count). The third kappa shape index (κ3) is 9.08. The van der Waals surface area contributed by atoms with Crippen molar-refractivity contribution in [3.63, 3.8) is 0 Å². The van der Waals surface area contributed by atoms with Gasteiger partial charge in [0.2, 0.25) is 5.91 Å². The highest BCUT2D eigenvalue weighted by Crippen LogP contribution is 2.10. The molecule has 0 aliphatic heterocycles. The first-order valence-corrected chi connectivity index (χ1v) is 9.97. The third-order valence-electron chi connectivity index (χ3n) is 4.50. The number of ether oxygens (including phenoxy) is 1. The fourth-order valence-corrected chi connectivity index (χ4v) is 2.97. The topological polar surface area (TPSA) is 78.0 Å². The number of carbonyl (C=O) groups excluding carboxylic acids is 1. The number of hydrogen-bond acceptors (Lipinski definition) is 4. The summed E-state index contributed by atoms with van der Waals surface area (Å²) >= 11 is 0. The molecule has 1 amide bonds. The summed E-state index contributed by atoms with van der Waals surface area (Å²) in [5.74, 6) is 1.36. The zero-order valence-electron chi connectivity index (χ0n) is 18.2. The van der Waals surface area contributed by atoms with E-state index in [1.54, 1.807) is 14.2 Å². The van der Waals surface area contributed by atoms with E-state index in [4.69, 9.17) is 4.74 Å². The van der Waals surface area contributed by atoms with Gasteiger partial charge in [0.15, 0.2) is 5.96 Å². The molecule has 0 spiro atoms. The number of carbonyl (C=O) groups is 1. The predicted molar refractivity (Wildman–Crippen MR) is 116 cm³/mol. The van der Waals surface area contributed by atoms with Crippen molar-refractivity contribution in [2.45, 2.75) is 52.7 Å². The van der Waals surface area contributed by atoms with Gasteiger partial charge in [-0.1, -0.05) is 12.1 Å². The van der Waals surface area contributed by atoms with E-state index in [1.807, 2.05) is 24.3 Å². The van der Waals surface area contributed by atoms with E-state index in [9.17, 15) is 4.79 Å². The number of nitrogens with one attached hydrogen (secondary N) is 3. The maximum absolute atomic E-state index is 12.0. The van der Waals surface area contributed by atoms with Gasteiger partial charge in [0.25, 0.3) is 0 Å². The molecule has 0 radical (unpaired) electrons. The van der Waals surface area contributed by atoms with Crippen LogP contribution in [0.5, 0.6) is 5.75 Å². The van der Waals surface area contributed by atoms with E-state index >= 15 is 0 Å². The number of nitrogens with zero attached hydrogens (tertiary/aromatic N) is 2. The summed E-state index contributed by atoms with van der Waals surface area (Å²) in [6.45, 7) is 11.4. The van der Waals surface area contributed by atoms with Crippen LogP contribution in [0.2, 0.25) is 0 Å². The quantitative estimate of drug-likeness (QED) is 0.305. The van der Waals surface area contributed by atoms with Crippen LogP contribution in [-0.2, 0) is 11.3 Å². The number of amides is 1. The standard InChI is InChI=1S/C21H37N5O2/c1-16(2)26(17(3)4)13-7-12-23-21(22-5)25-15-20(27)24-14-18-8-10-19(28-6)11-9-18/h8-11,16-17H,7,12-15H2,1-6H3,(H,24,27)(H2,22,23,25). The van der Waals surface area contributed by atoms with Crippen LogP contribution in [0.4, 0.5) is 0 Å². The van der Waals surface area contributed by atoms with Crippen molar-refractivity contribution >= 4 is 11.9 Å². The lowest BCUT2D eigenvalue weighted by Crippen LogP contribution is -2.44. The number of aliphatic imine (C=N–C) groups is 1. The lowest BCUT2D eigenvalue weighted by molar-refractivity contribution is -0.120. The molecule has 1 aromatic rings. The van der Waals surface area contributed by atoms with Crippen molar-refractivity contribution < 1.29 is 9.53 Å². The molecule has 158 valence electrons. The van der Waals surface area contributed by atoms with Crippen LogP contribution in [0, 0.1) is 0 Å². The Balaban J connectivity index is 2.26. The van der Waals surface area contributed by atoms with Crippen LogP contribution in [0.25, 0.3) is 0 Å². The lowest BCUT2D eigenvalue weighted by Gasteiger charge is -2.30. The Bertz CT molecular complexity index is 591. The molecule has 0 unspecified atom stereocenters. The number of methoxy groups -OCH3 is 1. The average Bonchev–Trinajstić information content (AvgIpc) is 2.68. The highest BCUT2D eigenvalue weighted by molar-refractivity contribution is 5.86. The van der Waals surface area contributed by atoms with Crippen LogP contribution in [0.15, 0.2) is 29.3 Å². The fourth-order valence-electron chi connectivity index (χ4n) is 2.97. The van der Waals surface area contributed by atoms with Gasteiger partial charge in [0.1, 0.15) is 5.75 Å². The van der Waals surface area contributed by atoms with Gasteiger partial charge >= 0.3 is 0 Å². The Morgan fingerprint density at radius 3 is 2.25 bits per heavy atom. The normalized spacial score (nSPS) is 11.8. The SMILES string of the molecule is CN=C(NCCCN(C(C)C)C(C)C)NCC(=O)NCc1ccc(OC)cc1. The van der Waals surface area contributed by atoms with E-state index in [-0.39, 0.29) is 12.5 Å². The summed E-state index contributed by atoms with van der Waals surface area (Å²) in [6.07, 6.45) is 1.01. The summed E-state index contributed by atoms with van der Waals surface area (Å²) in [5, 5.41) is 9.20. The molecule has 0 aromatic heterocycles. The monoisotopic (exact) mass is 391 g/mol. The Labute approximate surface area is 169 Å². The van der Waals surface area contributed by atoms with Crippen LogP contribution in [0.3, 0.4) is 0 Å². The summed E-state index contributed by atoms with van der Waals surface area (Å²) in [6, 6.07) is 8.70. The second kappa shape index (κ2) is 13.0. The molecule has 0 saturated heterocycles. The molecule has 0 fully saturated rings. The van der Waals surface area contributed by atoms with Gasteiger partial charge < -0.3 is 20.7 Å². The largest absolute Gasteiger partial charge is 0.497 e. The molecule has 0 heterocycles. The fraction of sp³-hybridized carbons (Fsp3) is 0.619. The molecular formula is C21H37N5O2. The van der Waals surface area contributed by atoms with Crippen molar-refractivity contribution in [1.29, 1.82) is 0 Å². The Morgan fingerprint density at radius 1 is 1.07 bits per heavy atom. The van der Waals surface area contributed by atoms with Gasteiger partial charge in [-0.25, -0.2) is 0 Å². The number of benzene rings is 1. The molecule has 7 heteroatoms. The maximum atomic E-state index is 12.0. The van der Waals surface area contributed by atoms with Crippen molar-refractivity contribution in [3.8, 4) is 5.75 Å². The van der Waals surface area contributed by atoms with Crippen molar-refractivity contribution in [3.05, 3.63) is 29.8 Å². The van der Waals surface area contributed by atoms with Gasteiger partial charge in [-0.05, 0) is 51.8 Å². The summed E-state index contributed by atoms with van der Waals surface area (Å²) in [5.41, 5.74) is 1.02. The zero-order valence-corrected chi connectivity index (χ0v) is 18.2. The van der Waals surface area contributed by atoms with Gasteiger partial charge in [0, 0.05) is 38.8 Å². The Hall–Kier alpha value is -2.28. The van der Waals surface area contributed by atoms with Crippen LogP contribution >= 0.6 is 0 Å². The van der Waals surface area contributed by atoms with Gasteiger partial charge in [-0.15, -0.1) is 0 Å². The van der Waals surface area contributed by atoms with Gasteiger partial charge in [-0.3, -0.25) is 14.7 Å². The van der Waals surface area contributed by atoms with E-state index < -0.39 is 0 Å². The van der Waals surface area contributed by atoms with Crippen molar-refractivity contribution in [2.24, 2.45) is 4.99 Å². The summed E-state index contributed by atoms with van der Waals surface area (Å²) in [7, 11) is 3.34. The zero-order chi connectivity index (χ0) is 20.9. The van der Waals surface area contributed by atoms with E-state index in [1.165, 1.54) is 0 Å². The van der Waals surface area contributed by atoms with E-state index in [2.05, 4.69) is 53.5 Å². The molecule has 7 nitrogen and oxygen atoms in total. The highest BCUT2D eigenvalue weighted by Gasteiger charge is 2.12. The van der Waals surface area contributed by atoms with Crippen LogP contribution < -0.4 is 20.7 Å². The molecule has 0 saturated carbocycles. The molecule has 0 aliphatic carbocycles. The number of hydrogen-bond donors (Lipinski definition) is 3. The van der Waals surface area contributed by atoms with E-state index in [0.29, 0.717) is 24.6 Å². The highest BCUT2D eigenvalue weighted by atomic mass is 16.5. The minimum absolute atomic E-state index is 0.0791.